The average molecular weight is 279 g/mol. The normalized spacial score (nSPS) is 37.9. The van der Waals surface area contributed by atoms with Crippen LogP contribution in [0.3, 0.4) is 0 Å². The molecule has 3 aliphatic rings. The van der Waals surface area contributed by atoms with E-state index in [1.54, 1.807) is 7.05 Å². The molecule has 4 atom stereocenters. The number of aliphatic imine (C=N–C) groups is 1. The minimum absolute atomic E-state index is 0.106. The van der Waals surface area contributed by atoms with Gasteiger partial charge in [-0.15, -0.1) is 0 Å². The molecule has 0 aromatic rings. The monoisotopic (exact) mass is 279 g/mol. The number of hydrogen-bond donors (Lipinski definition) is 2. The van der Waals surface area contributed by atoms with Crippen LogP contribution in [-0.2, 0) is 9.59 Å². The summed E-state index contributed by atoms with van der Waals surface area (Å²) < 4.78 is 0. The van der Waals surface area contributed by atoms with E-state index in [4.69, 9.17) is 0 Å². The summed E-state index contributed by atoms with van der Waals surface area (Å²) in [5.74, 6) is 0.985. The Labute approximate surface area is 116 Å². The second-order valence-corrected chi connectivity index (χ2v) is 6.45. The van der Waals surface area contributed by atoms with Crippen molar-refractivity contribution < 1.29 is 9.59 Å². The van der Waals surface area contributed by atoms with Crippen LogP contribution >= 0.6 is 11.8 Å². The van der Waals surface area contributed by atoms with Gasteiger partial charge in [0.1, 0.15) is 5.25 Å². The van der Waals surface area contributed by atoms with Crippen LogP contribution in [-0.4, -0.2) is 35.3 Å². The van der Waals surface area contributed by atoms with Gasteiger partial charge in [-0.3, -0.25) is 14.6 Å². The summed E-state index contributed by atoms with van der Waals surface area (Å²) in [6, 6.07) is 0.302. The van der Waals surface area contributed by atoms with Gasteiger partial charge in [0.05, 0.1) is 6.04 Å². The number of rotatable bonds is 3. The summed E-state index contributed by atoms with van der Waals surface area (Å²) in [6.45, 7) is 0. The van der Waals surface area contributed by atoms with E-state index >= 15 is 0 Å². The number of hydrogen-bond acceptors (Lipinski definition) is 4. The Morgan fingerprint density at radius 2 is 2.37 bits per heavy atom. The van der Waals surface area contributed by atoms with E-state index < -0.39 is 0 Å². The lowest BCUT2D eigenvalue weighted by Crippen LogP contribution is -2.30. The summed E-state index contributed by atoms with van der Waals surface area (Å²) in [6.07, 6.45) is 7.01. The SMILES string of the molecule is CNC(=O)CC1SC(=NC2CC3C=CC2C3)NC1=O. The number of thioether (sulfide) groups is 1. The van der Waals surface area contributed by atoms with Gasteiger partial charge in [0.25, 0.3) is 0 Å². The van der Waals surface area contributed by atoms with E-state index in [-0.39, 0.29) is 23.5 Å². The maximum Gasteiger partial charge on any atom is 0.240 e. The molecule has 0 aromatic carbocycles. The minimum Gasteiger partial charge on any atom is -0.359 e. The molecule has 19 heavy (non-hydrogen) atoms. The van der Waals surface area contributed by atoms with Crippen LogP contribution in [0.4, 0.5) is 0 Å². The summed E-state index contributed by atoms with van der Waals surface area (Å²) in [7, 11) is 1.58. The zero-order chi connectivity index (χ0) is 13.4. The maximum atomic E-state index is 11.8. The third-order valence-corrected chi connectivity index (χ3v) is 5.05. The second-order valence-electron chi connectivity index (χ2n) is 5.25. The molecular formula is C13H17N3O2S. The molecule has 0 spiro atoms. The highest BCUT2D eigenvalue weighted by Gasteiger charge is 2.38. The van der Waals surface area contributed by atoms with E-state index in [1.165, 1.54) is 18.2 Å². The van der Waals surface area contributed by atoms with Gasteiger partial charge in [-0.2, -0.15) is 0 Å². The van der Waals surface area contributed by atoms with Crippen LogP contribution in [0.15, 0.2) is 17.1 Å². The summed E-state index contributed by atoms with van der Waals surface area (Å²) >= 11 is 1.38. The fourth-order valence-electron chi connectivity index (χ4n) is 2.92. The Hall–Kier alpha value is -1.30. The predicted molar refractivity (Wildman–Crippen MR) is 74.8 cm³/mol. The molecular weight excluding hydrogens is 262 g/mol. The summed E-state index contributed by atoms with van der Waals surface area (Å²) in [5.41, 5.74) is 0. The Balaban J connectivity index is 1.63. The third kappa shape index (κ3) is 2.54. The van der Waals surface area contributed by atoms with Gasteiger partial charge in [-0.25, -0.2) is 0 Å². The van der Waals surface area contributed by atoms with Crippen LogP contribution in [0.5, 0.6) is 0 Å². The van der Waals surface area contributed by atoms with E-state index in [9.17, 15) is 9.59 Å². The molecule has 2 aliphatic carbocycles. The number of allylic oxidation sites excluding steroid dienone is 1. The second kappa shape index (κ2) is 5.00. The molecule has 0 radical (unpaired) electrons. The molecule has 2 fully saturated rings. The summed E-state index contributed by atoms with van der Waals surface area (Å²) in [4.78, 5) is 27.7. The molecule has 1 saturated heterocycles. The standard InChI is InChI=1S/C13H17N3O2S/c1-14-11(17)6-10-12(18)16-13(19-10)15-9-5-7-2-3-8(9)4-7/h2-3,7-10H,4-6H2,1H3,(H,14,17)(H,15,16,18). The van der Waals surface area contributed by atoms with Gasteiger partial charge in [0, 0.05) is 13.5 Å². The molecule has 3 rings (SSSR count). The van der Waals surface area contributed by atoms with Crippen LogP contribution in [0.1, 0.15) is 19.3 Å². The van der Waals surface area contributed by atoms with Crippen LogP contribution < -0.4 is 10.6 Å². The highest BCUT2D eigenvalue weighted by atomic mass is 32.2. The van der Waals surface area contributed by atoms with Crippen molar-refractivity contribution in [3.8, 4) is 0 Å². The largest absolute Gasteiger partial charge is 0.359 e. The number of nitrogens with zero attached hydrogens (tertiary/aromatic N) is 1. The number of carbonyl (C=O) groups excluding carboxylic acids is 2. The van der Waals surface area contributed by atoms with Crippen LogP contribution in [0.25, 0.3) is 0 Å². The molecule has 2 N–H and O–H groups in total. The van der Waals surface area contributed by atoms with Gasteiger partial charge >= 0.3 is 0 Å². The van der Waals surface area contributed by atoms with Crippen molar-refractivity contribution in [3.05, 3.63) is 12.2 Å². The van der Waals surface area contributed by atoms with Crippen LogP contribution in [0.2, 0.25) is 0 Å². The van der Waals surface area contributed by atoms with Crippen molar-refractivity contribution in [2.24, 2.45) is 16.8 Å². The van der Waals surface area contributed by atoms with Gasteiger partial charge in [0.15, 0.2) is 5.17 Å². The van der Waals surface area contributed by atoms with Crippen molar-refractivity contribution >= 4 is 28.7 Å². The van der Waals surface area contributed by atoms with Crippen LogP contribution in [0, 0.1) is 11.8 Å². The van der Waals surface area contributed by atoms with Gasteiger partial charge < -0.3 is 10.6 Å². The van der Waals surface area contributed by atoms with E-state index in [2.05, 4.69) is 27.8 Å². The lowest BCUT2D eigenvalue weighted by molar-refractivity contribution is -0.124. The topological polar surface area (TPSA) is 70.6 Å². The lowest BCUT2D eigenvalue weighted by Gasteiger charge is -2.13. The fourth-order valence-corrected chi connectivity index (χ4v) is 3.95. The summed E-state index contributed by atoms with van der Waals surface area (Å²) in [5, 5.41) is 5.68. The highest BCUT2D eigenvalue weighted by molar-refractivity contribution is 8.15. The van der Waals surface area contributed by atoms with Crippen molar-refractivity contribution in [2.45, 2.75) is 30.6 Å². The number of fused-ring (bicyclic) bond motifs is 2. The average Bonchev–Trinajstić information content (AvgIpc) is 3.06. The molecule has 1 saturated carbocycles. The molecule has 5 nitrogen and oxygen atoms in total. The zero-order valence-corrected chi connectivity index (χ0v) is 11.6. The van der Waals surface area contributed by atoms with E-state index in [0.29, 0.717) is 23.0 Å². The first kappa shape index (κ1) is 12.7. The van der Waals surface area contributed by atoms with Crippen molar-refractivity contribution in [1.29, 1.82) is 0 Å². The van der Waals surface area contributed by atoms with Gasteiger partial charge in [0.2, 0.25) is 11.8 Å². The molecule has 4 unspecified atom stereocenters. The molecule has 2 amide bonds. The molecule has 6 heteroatoms. The number of amidine groups is 1. The Kier molecular flexibility index (Phi) is 3.35. The number of amides is 2. The molecule has 1 aliphatic heterocycles. The highest BCUT2D eigenvalue weighted by Crippen LogP contribution is 2.41. The predicted octanol–water partition coefficient (Wildman–Crippen LogP) is 0.675. The molecule has 0 aromatic heterocycles. The maximum absolute atomic E-state index is 11.8. The minimum atomic E-state index is -0.340. The first-order chi connectivity index (χ1) is 9.15. The molecule has 1 heterocycles. The molecule has 2 bridgehead atoms. The van der Waals surface area contributed by atoms with Crippen molar-refractivity contribution in [2.75, 3.05) is 7.05 Å². The van der Waals surface area contributed by atoms with Crippen molar-refractivity contribution in [3.63, 3.8) is 0 Å². The quantitative estimate of drug-likeness (QED) is 0.746. The van der Waals surface area contributed by atoms with Crippen molar-refractivity contribution in [1.82, 2.24) is 10.6 Å². The Morgan fingerprint density at radius 1 is 1.53 bits per heavy atom. The molecule has 102 valence electrons. The lowest BCUT2D eigenvalue weighted by atomic mass is 10.0. The third-order valence-electron chi connectivity index (χ3n) is 3.95. The zero-order valence-electron chi connectivity index (χ0n) is 10.8. The van der Waals surface area contributed by atoms with E-state index in [0.717, 1.165) is 6.42 Å². The van der Waals surface area contributed by atoms with Gasteiger partial charge in [-0.1, -0.05) is 23.9 Å². The number of nitrogens with one attached hydrogen (secondary N) is 2. The smallest absolute Gasteiger partial charge is 0.240 e. The number of carbonyl (C=O) groups is 2. The Bertz CT molecular complexity index is 475. The Morgan fingerprint density at radius 3 is 3.00 bits per heavy atom. The first-order valence-electron chi connectivity index (χ1n) is 6.60. The fraction of sp³-hybridized carbons (Fsp3) is 0.615. The van der Waals surface area contributed by atoms with Gasteiger partial charge in [-0.05, 0) is 24.7 Å². The van der Waals surface area contributed by atoms with E-state index in [1.807, 2.05) is 0 Å². The first-order valence-corrected chi connectivity index (χ1v) is 7.48.